The van der Waals surface area contributed by atoms with E-state index in [0.717, 1.165) is 5.56 Å². The minimum absolute atomic E-state index is 0.231. The number of rotatable bonds is 6. The summed E-state index contributed by atoms with van der Waals surface area (Å²) in [4.78, 5) is 23.0. The first-order chi connectivity index (χ1) is 11.0. The van der Waals surface area contributed by atoms with Gasteiger partial charge in [0.25, 0.3) is 11.5 Å². The summed E-state index contributed by atoms with van der Waals surface area (Å²) in [5.74, 6) is 0.822. The summed E-state index contributed by atoms with van der Waals surface area (Å²) < 4.78 is 5.68. The zero-order valence-electron chi connectivity index (χ0n) is 13.5. The Balaban J connectivity index is 1.90. The monoisotopic (exact) mass is 315 g/mol. The Bertz CT molecular complexity index is 705. The van der Waals surface area contributed by atoms with Crippen molar-refractivity contribution in [2.75, 3.05) is 0 Å². The summed E-state index contributed by atoms with van der Waals surface area (Å²) >= 11 is 0. The lowest BCUT2D eigenvalue weighted by molar-refractivity contribution is -0.127. The van der Waals surface area contributed by atoms with Crippen LogP contribution in [0.15, 0.2) is 41.2 Å². The number of hydrogen-bond acceptors (Lipinski definition) is 4. The van der Waals surface area contributed by atoms with E-state index in [4.69, 9.17) is 4.74 Å². The molecule has 2 N–H and O–H groups in total. The van der Waals surface area contributed by atoms with Gasteiger partial charge in [0.2, 0.25) is 0 Å². The second-order valence-corrected chi connectivity index (χ2v) is 5.62. The molecule has 1 aromatic heterocycles. The fourth-order valence-electron chi connectivity index (χ4n) is 2.00. The van der Waals surface area contributed by atoms with Gasteiger partial charge in [-0.2, -0.15) is 5.10 Å². The van der Waals surface area contributed by atoms with Gasteiger partial charge in [0.15, 0.2) is 6.10 Å². The summed E-state index contributed by atoms with van der Waals surface area (Å²) in [6, 6.07) is 10.7. The lowest BCUT2D eigenvalue weighted by Gasteiger charge is -2.16. The van der Waals surface area contributed by atoms with Crippen molar-refractivity contribution >= 4 is 5.91 Å². The Hall–Kier alpha value is -2.63. The second-order valence-electron chi connectivity index (χ2n) is 5.62. The maximum atomic E-state index is 12.1. The molecule has 2 rings (SSSR count). The second kappa shape index (κ2) is 7.58. The topological polar surface area (TPSA) is 84.1 Å². The van der Waals surface area contributed by atoms with E-state index >= 15 is 0 Å². The number of H-pyrrole nitrogens is 1. The lowest BCUT2D eigenvalue weighted by atomic mass is 10.0. The molecule has 0 saturated heterocycles. The van der Waals surface area contributed by atoms with Crippen LogP contribution in [-0.4, -0.2) is 22.2 Å². The molecular weight excluding hydrogens is 294 g/mol. The Kier molecular flexibility index (Phi) is 5.51. The van der Waals surface area contributed by atoms with Crippen molar-refractivity contribution in [3.63, 3.8) is 0 Å². The van der Waals surface area contributed by atoms with Gasteiger partial charge in [-0.15, -0.1) is 0 Å². The van der Waals surface area contributed by atoms with Crippen LogP contribution in [0.3, 0.4) is 0 Å². The summed E-state index contributed by atoms with van der Waals surface area (Å²) in [7, 11) is 0. The number of carbonyl (C=O) groups is 1. The maximum absolute atomic E-state index is 12.1. The van der Waals surface area contributed by atoms with E-state index in [9.17, 15) is 9.59 Å². The fourth-order valence-corrected chi connectivity index (χ4v) is 2.00. The molecule has 0 saturated carbocycles. The van der Waals surface area contributed by atoms with Gasteiger partial charge in [0.05, 0.1) is 12.2 Å². The molecule has 2 aromatic rings. The largest absolute Gasteiger partial charge is 0.481 e. The van der Waals surface area contributed by atoms with Crippen LogP contribution in [-0.2, 0) is 11.3 Å². The van der Waals surface area contributed by atoms with Crippen molar-refractivity contribution in [2.24, 2.45) is 0 Å². The molecule has 6 nitrogen and oxygen atoms in total. The van der Waals surface area contributed by atoms with Crippen LogP contribution in [0.5, 0.6) is 5.75 Å². The van der Waals surface area contributed by atoms with E-state index in [1.165, 1.54) is 6.07 Å². The maximum Gasteiger partial charge on any atom is 0.264 e. The summed E-state index contributed by atoms with van der Waals surface area (Å²) in [6.45, 7) is 6.13. The summed E-state index contributed by atoms with van der Waals surface area (Å²) in [5.41, 5.74) is 1.46. The molecule has 0 radical (unpaired) electrons. The molecule has 0 bridgehead atoms. The molecule has 23 heavy (non-hydrogen) atoms. The Labute approximate surface area is 134 Å². The predicted molar refractivity (Wildman–Crippen MR) is 87.3 cm³/mol. The van der Waals surface area contributed by atoms with Crippen LogP contribution in [0.1, 0.15) is 37.9 Å². The molecule has 1 unspecified atom stereocenters. The SMILES string of the molecule is CC(Oc1cccc(C(C)C)c1)C(=O)NCc1ccc(=O)[nH]n1. The van der Waals surface area contributed by atoms with Crippen LogP contribution in [0.4, 0.5) is 0 Å². The highest BCUT2D eigenvalue weighted by molar-refractivity contribution is 5.80. The van der Waals surface area contributed by atoms with E-state index in [1.807, 2.05) is 24.3 Å². The van der Waals surface area contributed by atoms with Crippen molar-refractivity contribution in [2.45, 2.75) is 39.3 Å². The highest BCUT2D eigenvalue weighted by Crippen LogP contribution is 2.20. The third-order valence-corrected chi connectivity index (χ3v) is 3.39. The first-order valence-corrected chi connectivity index (χ1v) is 7.54. The van der Waals surface area contributed by atoms with Gasteiger partial charge in [0, 0.05) is 6.07 Å². The summed E-state index contributed by atoms with van der Waals surface area (Å²) in [6.07, 6.45) is -0.625. The quantitative estimate of drug-likeness (QED) is 0.853. The average Bonchev–Trinajstić information content (AvgIpc) is 2.54. The van der Waals surface area contributed by atoms with Crippen molar-refractivity contribution in [1.29, 1.82) is 0 Å². The minimum atomic E-state index is -0.625. The molecule has 1 aromatic carbocycles. The van der Waals surface area contributed by atoms with Crippen molar-refractivity contribution in [3.05, 3.63) is 58.0 Å². The number of amides is 1. The highest BCUT2D eigenvalue weighted by Gasteiger charge is 2.15. The molecule has 1 atom stereocenters. The normalized spacial score (nSPS) is 12.0. The van der Waals surface area contributed by atoms with Gasteiger partial charge >= 0.3 is 0 Å². The average molecular weight is 315 g/mol. The number of nitrogens with one attached hydrogen (secondary N) is 2. The molecule has 0 fully saturated rings. The Morgan fingerprint density at radius 1 is 1.26 bits per heavy atom. The third-order valence-electron chi connectivity index (χ3n) is 3.39. The van der Waals surface area contributed by atoms with E-state index in [0.29, 0.717) is 17.4 Å². The van der Waals surface area contributed by atoms with Crippen LogP contribution in [0.2, 0.25) is 0 Å². The molecule has 1 heterocycles. The Morgan fingerprint density at radius 2 is 2.04 bits per heavy atom. The predicted octanol–water partition coefficient (Wildman–Crippen LogP) is 1.98. The van der Waals surface area contributed by atoms with E-state index in [-0.39, 0.29) is 18.0 Å². The standard InChI is InChI=1S/C17H21N3O3/c1-11(2)13-5-4-6-15(9-13)23-12(3)17(22)18-10-14-7-8-16(21)20-19-14/h4-9,11-12H,10H2,1-3H3,(H,18,22)(H,20,21). The number of aromatic nitrogens is 2. The van der Waals surface area contributed by atoms with Crippen molar-refractivity contribution < 1.29 is 9.53 Å². The molecular formula is C17H21N3O3. The first-order valence-electron chi connectivity index (χ1n) is 7.54. The van der Waals surface area contributed by atoms with E-state index < -0.39 is 6.10 Å². The first kappa shape index (κ1) is 16.7. The molecule has 6 heteroatoms. The molecule has 0 aliphatic rings. The minimum Gasteiger partial charge on any atom is -0.481 e. The van der Waals surface area contributed by atoms with Gasteiger partial charge in [-0.25, -0.2) is 5.10 Å². The van der Waals surface area contributed by atoms with Crippen molar-refractivity contribution in [3.8, 4) is 5.75 Å². The zero-order chi connectivity index (χ0) is 16.8. The highest BCUT2D eigenvalue weighted by atomic mass is 16.5. The molecule has 0 aliphatic heterocycles. The van der Waals surface area contributed by atoms with Crippen molar-refractivity contribution in [1.82, 2.24) is 15.5 Å². The fraction of sp³-hybridized carbons (Fsp3) is 0.353. The van der Waals surface area contributed by atoms with Crippen LogP contribution in [0, 0.1) is 0 Å². The van der Waals surface area contributed by atoms with Gasteiger partial charge in [-0.05, 0) is 36.6 Å². The van der Waals surface area contributed by atoms with Gasteiger partial charge in [0.1, 0.15) is 5.75 Å². The molecule has 122 valence electrons. The zero-order valence-corrected chi connectivity index (χ0v) is 13.5. The van der Waals surface area contributed by atoms with Crippen LogP contribution < -0.4 is 15.6 Å². The Morgan fingerprint density at radius 3 is 2.70 bits per heavy atom. The third kappa shape index (κ3) is 4.95. The number of nitrogens with zero attached hydrogens (tertiary/aromatic N) is 1. The number of ether oxygens (including phenoxy) is 1. The number of benzene rings is 1. The molecule has 1 amide bonds. The van der Waals surface area contributed by atoms with Gasteiger partial charge < -0.3 is 10.1 Å². The molecule has 0 aliphatic carbocycles. The number of aromatic amines is 1. The molecule has 0 spiro atoms. The smallest absolute Gasteiger partial charge is 0.264 e. The van der Waals surface area contributed by atoms with E-state index in [1.54, 1.807) is 13.0 Å². The summed E-state index contributed by atoms with van der Waals surface area (Å²) in [5, 5.41) is 8.88. The van der Waals surface area contributed by atoms with E-state index in [2.05, 4.69) is 29.4 Å². The lowest BCUT2D eigenvalue weighted by Crippen LogP contribution is -2.36. The van der Waals surface area contributed by atoms with Gasteiger partial charge in [-0.3, -0.25) is 9.59 Å². The number of carbonyl (C=O) groups excluding carboxylic acids is 1. The van der Waals surface area contributed by atoms with Crippen LogP contribution in [0.25, 0.3) is 0 Å². The number of hydrogen-bond donors (Lipinski definition) is 2. The van der Waals surface area contributed by atoms with Gasteiger partial charge in [-0.1, -0.05) is 26.0 Å². The van der Waals surface area contributed by atoms with Crippen LogP contribution >= 0.6 is 0 Å².